The molecule has 21 heavy (non-hydrogen) atoms. The van der Waals surface area contributed by atoms with Crippen molar-refractivity contribution in [1.29, 1.82) is 0 Å². The lowest BCUT2D eigenvalue weighted by atomic mass is 10.2. The third-order valence-electron chi connectivity index (χ3n) is 3.31. The topological polar surface area (TPSA) is 72.9 Å². The molecular weight excluding hydrogens is 290 g/mol. The molecule has 1 aliphatic heterocycles. The first-order valence-corrected chi connectivity index (χ1v) is 7.80. The average Bonchev–Trinajstić information content (AvgIpc) is 2.47. The van der Waals surface area contributed by atoms with Gasteiger partial charge in [-0.15, -0.1) is 0 Å². The van der Waals surface area contributed by atoms with Crippen molar-refractivity contribution in [3.63, 3.8) is 0 Å². The van der Waals surface area contributed by atoms with Gasteiger partial charge in [0.15, 0.2) is 0 Å². The zero-order chi connectivity index (χ0) is 15.4. The van der Waals surface area contributed by atoms with Gasteiger partial charge in [-0.2, -0.15) is 11.8 Å². The van der Waals surface area contributed by atoms with Crippen molar-refractivity contribution in [2.45, 2.75) is 6.04 Å². The molecule has 1 aliphatic rings. The zero-order valence-electron chi connectivity index (χ0n) is 12.1. The van der Waals surface area contributed by atoms with Crippen LogP contribution in [0.5, 0.6) is 0 Å². The van der Waals surface area contributed by atoms with E-state index in [9.17, 15) is 14.7 Å². The van der Waals surface area contributed by atoms with Crippen LogP contribution in [0, 0.1) is 0 Å². The Hall–Kier alpha value is -1.89. The number of rotatable bonds is 3. The van der Waals surface area contributed by atoms with Crippen LogP contribution in [0.15, 0.2) is 24.3 Å². The van der Waals surface area contributed by atoms with Crippen molar-refractivity contribution < 1.29 is 14.7 Å². The molecule has 1 heterocycles. The Kier molecular flexibility index (Phi) is 4.95. The minimum atomic E-state index is -0.958. The molecule has 1 atom stereocenters. The largest absolute Gasteiger partial charge is 0.480 e. The summed E-state index contributed by atoms with van der Waals surface area (Å²) in [7, 11) is 3.88. The highest BCUT2D eigenvalue weighted by molar-refractivity contribution is 7.99. The van der Waals surface area contributed by atoms with E-state index in [0.717, 1.165) is 11.4 Å². The molecule has 2 rings (SSSR count). The number of benzene rings is 1. The van der Waals surface area contributed by atoms with Crippen LogP contribution in [-0.4, -0.2) is 60.2 Å². The summed E-state index contributed by atoms with van der Waals surface area (Å²) >= 11 is 1.56. The second kappa shape index (κ2) is 6.71. The van der Waals surface area contributed by atoms with Gasteiger partial charge in [0.25, 0.3) is 0 Å². The van der Waals surface area contributed by atoms with E-state index in [4.69, 9.17) is 0 Å². The van der Waals surface area contributed by atoms with Crippen molar-refractivity contribution in [2.24, 2.45) is 0 Å². The molecule has 1 saturated heterocycles. The Bertz CT molecular complexity index is 519. The van der Waals surface area contributed by atoms with Gasteiger partial charge in [-0.3, -0.25) is 0 Å². The summed E-state index contributed by atoms with van der Waals surface area (Å²) in [5.41, 5.74) is 1.69. The quantitative estimate of drug-likeness (QED) is 0.890. The maximum Gasteiger partial charge on any atom is 0.327 e. The lowest BCUT2D eigenvalue weighted by Gasteiger charge is -2.32. The third kappa shape index (κ3) is 3.81. The Morgan fingerprint density at radius 3 is 2.57 bits per heavy atom. The number of aliphatic carboxylic acids is 1. The summed E-state index contributed by atoms with van der Waals surface area (Å²) in [6.07, 6.45) is 0. The number of anilines is 2. The number of hydrogen-bond acceptors (Lipinski definition) is 4. The van der Waals surface area contributed by atoms with E-state index in [1.165, 1.54) is 4.90 Å². The van der Waals surface area contributed by atoms with Gasteiger partial charge in [0, 0.05) is 43.5 Å². The highest BCUT2D eigenvalue weighted by Gasteiger charge is 2.32. The van der Waals surface area contributed by atoms with Gasteiger partial charge in [-0.25, -0.2) is 9.59 Å². The lowest BCUT2D eigenvalue weighted by molar-refractivity contribution is -0.141. The number of thioether (sulfide) groups is 1. The summed E-state index contributed by atoms with van der Waals surface area (Å²) in [4.78, 5) is 26.8. The van der Waals surface area contributed by atoms with Gasteiger partial charge in [-0.1, -0.05) is 0 Å². The monoisotopic (exact) mass is 309 g/mol. The summed E-state index contributed by atoms with van der Waals surface area (Å²) in [6, 6.07) is 6.29. The molecule has 0 spiro atoms. The maximum atomic E-state index is 12.2. The zero-order valence-corrected chi connectivity index (χ0v) is 12.9. The van der Waals surface area contributed by atoms with Gasteiger partial charge in [0.05, 0.1) is 0 Å². The van der Waals surface area contributed by atoms with Crippen LogP contribution < -0.4 is 10.2 Å². The Morgan fingerprint density at radius 1 is 1.33 bits per heavy atom. The number of amides is 2. The molecule has 1 aromatic carbocycles. The number of urea groups is 1. The molecule has 2 N–H and O–H groups in total. The average molecular weight is 309 g/mol. The number of hydrogen-bond donors (Lipinski definition) is 2. The number of nitrogens with one attached hydrogen (secondary N) is 1. The second-order valence-corrected chi connectivity index (χ2v) is 6.14. The Labute approximate surface area is 128 Å². The summed E-state index contributed by atoms with van der Waals surface area (Å²) in [5, 5.41) is 11.9. The fourth-order valence-corrected chi connectivity index (χ4v) is 3.13. The predicted octanol–water partition coefficient (Wildman–Crippen LogP) is 1.79. The molecule has 0 radical (unpaired) electrons. The Balaban J connectivity index is 2.04. The van der Waals surface area contributed by atoms with E-state index in [1.54, 1.807) is 11.8 Å². The van der Waals surface area contributed by atoms with Gasteiger partial charge in [0.2, 0.25) is 0 Å². The van der Waals surface area contributed by atoms with Gasteiger partial charge >= 0.3 is 12.0 Å². The number of nitrogens with zero attached hydrogens (tertiary/aromatic N) is 2. The van der Waals surface area contributed by atoms with E-state index < -0.39 is 12.0 Å². The normalized spacial score (nSPS) is 18.2. The molecule has 1 unspecified atom stereocenters. The van der Waals surface area contributed by atoms with Crippen molar-refractivity contribution in [3.05, 3.63) is 24.3 Å². The van der Waals surface area contributed by atoms with Crippen molar-refractivity contribution in [1.82, 2.24) is 4.90 Å². The number of carboxylic acids is 1. The fourth-order valence-electron chi connectivity index (χ4n) is 2.09. The second-order valence-electron chi connectivity index (χ2n) is 4.99. The lowest BCUT2D eigenvalue weighted by Crippen LogP contribution is -2.51. The van der Waals surface area contributed by atoms with Crippen LogP contribution in [0.25, 0.3) is 0 Å². The number of carboxylic acid groups (broad SMARTS) is 1. The molecule has 0 aliphatic carbocycles. The standard InChI is InChI=1S/C14H19N3O3S/c1-16(2)11-5-3-10(4-6-11)15-14(20)17-7-8-21-9-12(17)13(18)19/h3-6,12H,7-9H2,1-2H3,(H,15,20)(H,18,19). The first kappa shape index (κ1) is 15.5. The van der Waals surface area contributed by atoms with Crippen LogP contribution in [0.2, 0.25) is 0 Å². The Morgan fingerprint density at radius 2 is 2.00 bits per heavy atom. The number of carbonyl (C=O) groups excluding carboxylic acids is 1. The highest BCUT2D eigenvalue weighted by Crippen LogP contribution is 2.20. The van der Waals surface area contributed by atoms with Crippen LogP contribution >= 0.6 is 11.8 Å². The molecule has 2 amide bonds. The van der Waals surface area contributed by atoms with E-state index in [2.05, 4.69) is 5.32 Å². The molecule has 114 valence electrons. The van der Waals surface area contributed by atoms with Gasteiger partial charge in [-0.05, 0) is 24.3 Å². The maximum absolute atomic E-state index is 12.2. The van der Waals surface area contributed by atoms with E-state index in [-0.39, 0.29) is 6.03 Å². The van der Waals surface area contributed by atoms with Gasteiger partial charge < -0.3 is 20.2 Å². The summed E-state index contributed by atoms with van der Waals surface area (Å²) in [5.74, 6) is 0.235. The SMILES string of the molecule is CN(C)c1ccc(NC(=O)N2CCSCC2C(=O)O)cc1. The fraction of sp³-hybridized carbons (Fsp3) is 0.429. The smallest absolute Gasteiger partial charge is 0.327 e. The van der Waals surface area contributed by atoms with Crippen molar-refractivity contribution >= 4 is 35.1 Å². The molecule has 0 bridgehead atoms. The summed E-state index contributed by atoms with van der Waals surface area (Å²) < 4.78 is 0. The minimum absolute atomic E-state index is 0.361. The first-order valence-electron chi connectivity index (χ1n) is 6.64. The molecule has 0 saturated carbocycles. The molecule has 7 heteroatoms. The van der Waals surface area contributed by atoms with Crippen molar-refractivity contribution in [3.8, 4) is 0 Å². The minimum Gasteiger partial charge on any atom is -0.480 e. The first-order chi connectivity index (χ1) is 9.99. The number of carbonyl (C=O) groups is 2. The molecule has 1 aromatic rings. The van der Waals surface area contributed by atoms with Gasteiger partial charge in [0.1, 0.15) is 6.04 Å². The molecule has 1 fully saturated rings. The van der Waals surface area contributed by atoms with E-state index in [1.807, 2.05) is 43.3 Å². The summed E-state index contributed by atoms with van der Waals surface area (Å²) in [6.45, 7) is 0.448. The molecular formula is C14H19N3O3S. The third-order valence-corrected chi connectivity index (χ3v) is 4.33. The van der Waals surface area contributed by atoms with Crippen LogP contribution in [-0.2, 0) is 4.79 Å². The molecule has 0 aromatic heterocycles. The molecule has 6 nitrogen and oxygen atoms in total. The van der Waals surface area contributed by atoms with Crippen LogP contribution in [0.1, 0.15) is 0 Å². The van der Waals surface area contributed by atoms with Crippen LogP contribution in [0.4, 0.5) is 16.2 Å². The van der Waals surface area contributed by atoms with Crippen LogP contribution in [0.3, 0.4) is 0 Å². The predicted molar refractivity (Wildman–Crippen MR) is 85.2 cm³/mol. The van der Waals surface area contributed by atoms with E-state index in [0.29, 0.717) is 18.0 Å². The van der Waals surface area contributed by atoms with Crippen molar-refractivity contribution in [2.75, 3.05) is 42.4 Å². The van der Waals surface area contributed by atoms with E-state index >= 15 is 0 Å². The highest BCUT2D eigenvalue weighted by atomic mass is 32.2.